The van der Waals surface area contributed by atoms with E-state index in [4.69, 9.17) is 11.6 Å². The molecule has 8 heteroatoms. The van der Waals surface area contributed by atoms with E-state index in [1.54, 1.807) is 12.1 Å². The Bertz CT molecular complexity index is 1110. The molecule has 3 nitrogen and oxygen atoms in total. The number of hydrogen-bond acceptors (Lipinski definition) is 2. The number of rotatable bonds is 3. The fourth-order valence-corrected chi connectivity index (χ4v) is 3.73. The molecular formula is C22H14ClF4NO2. The second-order valence-electron chi connectivity index (χ2n) is 6.96. The molecule has 1 heterocycles. The summed E-state index contributed by atoms with van der Waals surface area (Å²) in [5.74, 6) is -1.23. The van der Waals surface area contributed by atoms with Crippen molar-refractivity contribution in [1.82, 2.24) is 0 Å². The van der Waals surface area contributed by atoms with Crippen LogP contribution in [0.3, 0.4) is 0 Å². The van der Waals surface area contributed by atoms with Crippen LogP contribution in [0.25, 0.3) is 0 Å². The quantitative estimate of drug-likeness (QED) is 0.569. The molecule has 3 aromatic carbocycles. The summed E-state index contributed by atoms with van der Waals surface area (Å²) in [6, 6.07) is 13.8. The summed E-state index contributed by atoms with van der Waals surface area (Å²) in [5, 5.41) is 11.7. The van der Waals surface area contributed by atoms with Gasteiger partial charge in [-0.2, -0.15) is 13.2 Å². The van der Waals surface area contributed by atoms with Crippen molar-refractivity contribution in [1.29, 1.82) is 0 Å². The first-order chi connectivity index (χ1) is 14.1. The third kappa shape index (κ3) is 3.34. The highest BCUT2D eigenvalue weighted by Crippen LogP contribution is 2.46. The second-order valence-corrected chi connectivity index (χ2v) is 7.40. The van der Waals surface area contributed by atoms with Gasteiger partial charge in [-0.25, -0.2) is 4.39 Å². The van der Waals surface area contributed by atoms with Crippen molar-refractivity contribution in [2.24, 2.45) is 0 Å². The van der Waals surface area contributed by atoms with Crippen molar-refractivity contribution < 1.29 is 27.5 Å². The predicted molar refractivity (Wildman–Crippen MR) is 103 cm³/mol. The number of anilines is 1. The zero-order valence-electron chi connectivity index (χ0n) is 15.3. The monoisotopic (exact) mass is 435 g/mol. The Balaban J connectivity index is 1.75. The fraction of sp³-hybridized carbons (Fsp3) is 0.136. The van der Waals surface area contributed by atoms with E-state index >= 15 is 0 Å². The van der Waals surface area contributed by atoms with Crippen LogP contribution in [0.15, 0.2) is 66.7 Å². The van der Waals surface area contributed by atoms with Gasteiger partial charge in [-0.3, -0.25) is 4.79 Å². The third-order valence-corrected chi connectivity index (χ3v) is 5.31. The zero-order valence-corrected chi connectivity index (χ0v) is 16.0. The summed E-state index contributed by atoms with van der Waals surface area (Å²) in [7, 11) is 0. The van der Waals surface area contributed by atoms with Crippen LogP contribution in [-0.2, 0) is 23.1 Å². The Morgan fingerprint density at radius 3 is 2.20 bits per heavy atom. The van der Waals surface area contributed by atoms with Gasteiger partial charge in [0.25, 0.3) is 5.91 Å². The molecule has 0 fully saturated rings. The van der Waals surface area contributed by atoms with Crippen LogP contribution >= 0.6 is 11.6 Å². The zero-order chi connectivity index (χ0) is 21.7. The standard InChI is InChI=1S/C22H14ClF4NO2/c23-16-7-10-19-18(11-16)21(30,14-5-8-17(24)9-6-14)20(29)28(19)12-13-1-3-15(4-2-13)22(25,26)27/h1-11,30H,12H2/t21-/m1/s1. The molecule has 1 aliphatic rings. The van der Waals surface area contributed by atoms with Gasteiger partial charge in [-0.05, 0) is 53.6 Å². The van der Waals surface area contributed by atoms with Gasteiger partial charge in [0.1, 0.15) is 5.82 Å². The Hall–Kier alpha value is -2.90. The summed E-state index contributed by atoms with van der Waals surface area (Å²) in [4.78, 5) is 14.5. The van der Waals surface area contributed by atoms with Gasteiger partial charge < -0.3 is 10.0 Å². The molecule has 0 aromatic heterocycles. The van der Waals surface area contributed by atoms with E-state index in [0.29, 0.717) is 16.3 Å². The summed E-state index contributed by atoms with van der Waals surface area (Å²) < 4.78 is 51.8. The van der Waals surface area contributed by atoms with E-state index in [-0.39, 0.29) is 17.7 Å². The fourth-order valence-electron chi connectivity index (χ4n) is 3.56. The molecule has 0 aliphatic carbocycles. The molecule has 1 atom stereocenters. The molecule has 0 saturated carbocycles. The Morgan fingerprint density at radius 2 is 1.60 bits per heavy atom. The molecule has 0 spiro atoms. The second kappa shape index (κ2) is 7.11. The number of aliphatic hydroxyl groups is 1. The summed E-state index contributed by atoms with van der Waals surface area (Å²) >= 11 is 6.07. The first-order valence-corrected chi connectivity index (χ1v) is 9.25. The lowest BCUT2D eigenvalue weighted by Gasteiger charge is -2.24. The van der Waals surface area contributed by atoms with Gasteiger partial charge in [0, 0.05) is 10.6 Å². The van der Waals surface area contributed by atoms with Crippen molar-refractivity contribution in [3.8, 4) is 0 Å². The van der Waals surface area contributed by atoms with Crippen LogP contribution in [0.5, 0.6) is 0 Å². The van der Waals surface area contributed by atoms with Gasteiger partial charge in [-0.15, -0.1) is 0 Å². The molecule has 0 radical (unpaired) electrons. The number of benzene rings is 3. The molecule has 4 rings (SSSR count). The summed E-state index contributed by atoms with van der Waals surface area (Å²) in [5.41, 5.74) is -1.70. The lowest BCUT2D eigenvalue weighted by Crippen LogP contribution is -2.40. The van der Waals surface area contributed by atoms with Crippen LogP contribution in [0, 0.1) is 5.82 Å². The minimum absolute atomic E-state index is 0.0604. The highest BCUT2D eigenvalue weighted by atomic mass is 35.5. The number of carbonyl (C=O) groups excluding carboxylic acids is 1. The maximum absolute atomic E-state index is 13.4. The van der Waals surface area contributed by atoms with Crippen LogP contribution in [-0.4, -0.2) is 11.0 Å². The van der Waals surface area contributed by atoms with Crippen LogP contribution in [0.1, 0.15) is 22.3 Å². The van der Waals surface area contributed by atoms with Crippen LogP contribution in [0.4, 0.5) is 23.2 Å². The molecular weight excluding hydrogens is 422 g/mol. The Kier molecular flexibility index (Phi) is 4.83. The Morgan fingerprint density at radius 1 is 0.967 bits per heavy atom. The topological polar surface area (TPSA) is 40.5 Å². The van der Waals surface area contributed by atoms with Crippen molar-refractivity contribution in [3.63, 3.8) is 0 Å². The molecule has 154 valence electrons. The number of halogens is 5. The number of fused-ring (bicyclic) bond motifs is 1. The van der Waals surface area contributed by atoms with E-state index in [1.807, 2.05) is 0 Å². The molecule has 1 amide bonds. The lowest BCUT2D eigenvalue weighted by molar-refractivity contribution is -0.137. The average molecular weight is 436 g/mol. The number of hydrogen-bond donors (Lipinski definition) is 1. The Labute approximate surface area is 174 Å². The van der Waals surface area contributed by atoms with Gasteiger partial charge in [-0.1, -0.05) is 35.9 Å². The van der Waals surface area contributed by atoms with Crippen LogP contribution < -0.4 is 4.90 Å². The molecule has 3 aromatic rings. The third-order valence-electron chi connectivity index (χ3n) is 5.08. The predicted octanol–water partition coefficient (Wildman–Crippen LogP) is 5.28. The molecule has 0 unspecified atom stereocenters. The summed E-state index contributed by atoms with van der Waals surface area (Å²) in [6.45, 7) is -0.0604. The minimum Gasteiger partial charge on any atom is -0.372 e. The van der Waals surface area contributed by atoms with E-state index in [9.17, 15) is 27.5 Å². The van der Waals surface area contributed by atoms with Crippen molar-refractivity contribution >= 4 is 23.2 Å². The lowest BCUT2D eigenvalue weighted by atomic mass is 9.87. The molecule has 30 heavy (non-hydrogen) atoms. The highest BCUT2D eigenvalue weighted by molar-refractivity contribution is 6.31. The van der Waals surface area contributed by atoms with E-state index in [1.165, 1.54) is 35.2 Å². The number of nitrogens with zero attached hydrogens (tertiary/aromatic N) is 1. The number of alkyl halides is 3. The normalized spacial score (nSPS) is 18.6. The SMILES string of the molecule is O=C1N(Cc2ccc(C(F)(F)F)cc2)c2ccc(Cl)cc2[C@]1(O)c1ccc(F)cc1. The summed E-state index contributed by atoms with van der Waals surface area (Å²) in [6.07, 6.45) is -4.46. The van der Waals surface area contributed by atoms with Gasteiger partial charge in [0.05, 0.1) is 17.8 Å². The van der Waals surface area contributed by atoms with Crippen molar-refractivity contribution in [2.75, 3.05) is 4.90 Å². The molecule has 1 aliphatic heterocycles. The highest BCUT2D eigenvalue weighted by Gasteiger charge is 2.51. The van der Waals surface area contributed by atoms with Gasteiger partial charge in [0.15, 0.2) is 5.60 Å². The van der Waals surface area contributed by atoms with E-state index in [0.717, 1.165) is 24.3 Å². The first-order valence-electron chi connectivity index (χ1n) is 8.87. The average Bonchev–Trinajstić information content (AvgIpc) is 2.90. The largest absolute Gasteiger partial charge is 0.416 e. The minimum atomic E-state index is -4.46. The molecule has 0 bridgehead atoms. The van der Waals surface area contributed by atoms with Gasteiger partial charge >= 0.3 is 6.18 Å². The van der Waals surface area contributed by atoms with E-state index < -0.39 is 29.1 Å². The van der Waals surface area contributed by atoms with Crippen LogP contribution in [0.2, 0.25) is 5.02 Å². The van der Waals surface area contributed by atoms with Crippen molar-refractivity contribution in [3.05, 3.63) is 99.8 Å². The maximum atomic E-state index is 13.4. The van der Waals surface area contributed by atoms with Crippen molar-refractivity contribution in [2.45, 2.75) is 18.3 Å². The molecule has 1 N–H and O–H groups in total. The number of amides is 1. The maximum Gasteiger partial charge on any atom is 0.416 e. The van der Waals surface area contributed by atoms with Gasteiger partial charge in [0.2, 0.25) is 0 Å². The smallest absolute Gasteiger partial charge is 0.372 e. The first kappa shape index (κ1) is 20.4. The number of carbonyl (C=O) groups is 1. The van der Waals surface area contributed by atoms with E-state index in [2.05, 4.69) is 0 Å². The molecule has 0 saturated heterocycles.